The van der Waals surface area contributed by atoms with E-state index in [1.54, 1.807) is 24.3 Å². The molecule has 0 bridgehead atoms. The number of nitrogens with zero attached hydrogens (tertiary/aromatic N) is 1. The molecule has 3 nitrogen and oxygen atoms in total. The number of fused-ring (bicyclic) bond motifs is 1. The van der Waals surface area contributed by atoms with Gasteiger partial charge in [0.25, 0.3) is 11.7 Å². The van der Waals surface area contributed by atoms with Gasteiger partial charge in [-0.25, -0.2) is 4.39 Å². The highest BCUT2D eigenvalue weighted by molar-refractivity contribution is 6.52. The Morgan fingerprint density at radius 1 is 1.10 bits per heavy atom. The molecule has 5 heteroatoms. The Bertz CT molecular complexity index is 730. The molecule has 0 radical (unpaired) electrons. The summed E-state index contributed by atoms with van der Waals surface area (Å²) in [6.45, 7) is 0.150. The lowest BCUT2D eigenvalue weighted by Crippen LogP contribution is -2.29. The molecule has 1 aliphatic rings. The minimum atomic E-state index is -0.619. The maximum absolute atomic E-state index is 13.2. The minimum Gasteiger partial charge on any atom is -0.300 e. The molecule has 0 aliphatic carbocycles. The Morgan fingerprint density at radius 2 is 1.90 bits per heavy atom. The molecule has 0 aromatic heterocycles. The third kappa shape index (κ3) is 2.08. The SMILES string of the molecule is O=C1C(=O)N(Cc2cccc(F)c2)c2ccc(Cl)cc21. The Hall–Kier alpha value is -2.20. The predicted molar refractivity (Wildman–Crippen MR) is 73.4 cm³/mol. The van der Waals surface area contributed by atoms with Gasteiger partial charge in [-0.05, 0) is 35.9 Å². The average Bonchev–Trinajstić information content (AvgIpc) is 2.64. The van der Waals surface area contributed by atoms with E-state index in [9.17, 15) is 14.0 Å². The van der Waals surface area contributed by atoms with Crippen LogP contribution >= 0.6 is 11.6 Å². The number of hydrogen-bond donors (Lipinski definition) is 0. The Balaban J connectivity index is 1.99. The number of anilines is 1. The predicted octanol–water partition coefficient (Wildman–Crippen LogP) is 3.21. The summed E-state index contributed by atoms with van der Waals surface area (Å²) in [5.74, 6) is -1.58. The summed E-state index contributed by atoms with van der Waals surface area (Å²) in [6.07, 6.45) is 0. The van der Waals surface area contributed by atoms with Crippen LogP contribution in [0.1, 0.15) is 15.9 Å². The van der Waals surface area contributed by atoms with Crippen molar-refractivity contribution in [3.63, 3.8) is 0 Å². The van der Waals surface area contributed by atoms with Crippen molar-refractivity contribution in [2.45, 2.75) is 6.54 Å². The van der Waals surface area contributed by atoms with E-state index in [1.165, 1.54) is 23.1 Å². The van der Waals surface area contributed by atoms with Crippen molar-refractivity contribution in [2.75, 3.05) is 4.90 Å². The van der Waals surface area contributed by atoms with Gasteiger partial charge in [-0.1, -0.05) is 23.7 Å². The van der Waals surface area contributed by atoms with Gasteiger partial charge in [0.15, 0.2) is 0 Å². The van der Waals surface area contributed by atoms with Crippen molar-refractivity contribution in [3.8, 4) is 0 Å². The lowest BCUT2D eigenvalue weighted by atomic mass is 10.1. The number of hydrogen-bond acceptors (Lipinski definition) is 2. The van der Waals surface area contributed by atoms with Crippen LogP contribution in [-0.2, 0) is 11.3 Å². The second-order valence-electron chi connectivity index (χ2n) is 4.51. The van der Waals surface area contributed by atoms with Gasteiger partial charge in [-0.15, -0.1) is 0 Å². The smallest absolute Gasteiger partial charge is 0.299 e. The molecule has 100 valence electrons. The number of carbonyl (C=O) groups is 2. The van der Waals surface area contributed by atoms with Crippen LogP contribution in [0.25, 0.3) is 0 Å². The summed E-state index contributed by atoms with van der Waals surface area (Å²) < 4.78 is 13.2. The molecule has 1 amide bonds. The monoisotopic (exact) mass is 289 g/mol. The van der Waals surface area contributed by atoms with Crippen LogP contribution in [-0.4, -0.2) is 11.7 Å². The van der Waals surface area contributed by atoms with Crippen LogP contribution in [0, 0.1) is 5.82 Å². The highest BCUT2D eigenvalue weighted by Gasteiger charge is 2.35. The van der Waals surface area contributed by atoms with E-state index in [0.29, 0.717) is 21.8 Å². The molecule has 0 N–H and O–H groups in total. The van der Waals surface area contributed by atoms with E-state index >= 15 is 0 Å². The minimum absolute atomic E-state index is 0.150. The zero-order valence-electron chi connectivity index (χ0n) is 10.3. The summed E-state index contributed by atoms with van der Waals surface area (Å²) in [5, 5.41) is 0.400. The van der Waals surface area contributed by atoms with Crippen LogP contribution in [0.4, 0.5) is 10.1 Å². The summed E-state index contributed by atoms with van der Waals surface area (Å²) in [7, 11) is 0. The third-order valence-corrected chi connectivity index (χ3v) is 3.40. The van der Waals surface area contributed by atoms with Crippen LogP contribution in [0.3, 0.4) is 0 Å². The van der Waals surface area contributed by atoms with E-state index in [2.05, 4.69) is 0 Å². The Labute approximate surface area is 119 Å². The van der Waals surface area contributed by atoms with Crippen molar-refractivity contribution in [2.24, 2.45) is 0 Å². The quantitative estimate of drug-likeness (QED) is 0.796. The van der Waals surface area contributed by atoms with Gasteiger partial charge < -0.3 is 4.90 Å². The molecule has 0 saturated heterocycles. The standard InChI is InChI=1S/C15H9ClFNO2/c16-10-4-5-13-12(7-10)14(19)15(20)18(13)8-9-2-1-3-11(17)6-9/h1-7H,8H2. The Morgan fingerprint density at radius 3 is 2.65 bits per heavy atom. The molecule has 3 rings (SSSR count). The molecular weight excluding hydrogens is 281 g/mol. The number of halogens is 2. The van der Waals surface area contributed by atoms with Gasteiger partial charge in [0.2, 0.25) is 0 Å². The number of rotatable bonds is 2. The Kier molecular flexibility index (Phi) is 3.03. The second kappa shape index (κ2) is 4.72. The maximum Gasteiger partial charge on any atom is 0.299 e. The number of benzene rings is 2. The topological polar surface area (TPSA) is 37.4 Å². The first-order valence-electron chi connectivity index (χ1n) is 5.96. The van der Waals surface area contributed by atoms with Crippen LogP contribution in [0.2, 0.25) is 5.02 Å². The first kappa shape index (κ1) is 12.8. The van der Waals surface area contributed by atoms with Gasteiger partial charge in [0.05, 0.1) is 17.8 Å². The van der Waals surface area contributed by atoms with Crippen molar-refractivity contribution in [1.82, 2.24) is 0 Å². The first-order valence-corrected chi connectivity index (χ1v) is 6.34. The molecule has 1 heterocycles. The second-order valence-corrected chi connectivity index (χ2v) is 4.95. The van der Waals surface area contributed by atoms with Gasteiger partial charge >= 0.3 is 0 Å². The number of carbonyl (C=O) groups excluding carboxylic acids is 2. The highest BCUT2D eigenvalue weighted by Crippen LogP contribution is 2.32. The molecule has 0 unspecified atom stereocenters. The number of ketones is 1. The van der Waals surface area contributed by atoms with Gasteiger partial charge in [-0.2, -0.15) is 0 Å². The normalized spacial score (nSPS) is 13.8. The van der Waals surface area contributed by atoms with Crippen molar-refractivity contribution in [1.29, 1.82) is 0 Å². The van der Waals surface area contributed by atoms with E-state index in [1.807, 2.05) is 0 Å². The molecular formula is C15H9ClFNO2. The van der Waals surface area contributed by atoms with Crippen molar-refractivity contribution < 1.29 is 14.0 Å². The van der Waals surface area contributed by atoms with E-state index in [-0.39, 0.29) is 12.4 Å². The van der Waals surface area contributed by atoms with Gasteiger partial charge in [0.1, 0.15) is 5.82 Å². The number of Topliss-reactive ketones (excluding diaryl/α,β-unsaturated/α-hetero) is 1. The van der Waals surface area contributed by atoms with E-state index < -0.39 is 11.7 Å². The van der Waals surface area contributed by atoms with Crippen molar-refractivity contribution >= 4 is 29.0 Å². The zero-order valence-corrected chi connectivity index (χ0v) is 11.0. The van der Waals surface area contributed by atoms with Crippen molar-refractivity contribution in [3.05, 3.63) is 64.4 Å². The third-order valence-electron chi connectivity index (χ3n) is 3.16. The summed E-state index contributed by atoms with van der Waals surface area (Å²) >= 11 is 5.83. The maximum atomic E-state index is 13.2. The molecule has 0 saturated carbocycles. The average molecular weight is 290 g/mol. The fourth-order valence-corrected chi connectivity index (χ4v) is 2.42. The molecule has 0 spiro atoms. The molecule has 1 aliphatic heterocycles. The lowest BCUT2D eigenvalue weighted by Gasteiger charge is -2.16. The van der Waals surface area contributed by atoms with E-state index in [4.69, 9.17) is 11.6 Å². The summed E-state index contributed by atoms with van der Waals surface area (Å²) in [5.41, 5.74) is 1.42. The zero-order chi connectivity index (χ0) is 14.3. The molecule has 20 heavy (non-hydrogen) atoms. The summed E-state index contributed by atoms with van der Waals surface area (Å²) in [4.78, 5) is 25.2. The molecule has 2 aromatic rings. The number of amides is 1. The molecule has 0 atom stereocenters. The van der Waals surface area contributed by atoms with Gasteiger partial charge in [-0.3, -0.25) is 9.59 Å². The highest BCUT2D eigenvalue weighted by atomic mass is 35.5. The lowest BCUT2D eigenvalue weighted by molar-refractivity contribution is -0.114. The molecule has 0 fully saturated rings. The first-order chi connectivity index (χ1) is 9.56. The van der Waals surface area contributed by atoms with Gasteiger partial charge in [0, 0.05) is 5.02 Å². The fraction of sp³-hybridized carbons (Fsp3) is 0.0667. The van der Waals surface area contributed by atoms with Crippen LogP contribution in [0.15, 0.2) is 42.5 Å². The van der Waals surface area contributed by atoms with Crippen LogP contribution < -0.4 is 4.90 Å². The largest absolute Gasteiger partial charge is 0.300 e. The summed E-state index contributed by atoms with van der Waals surface area (Å²) in [6, 6.07) is 10.7. The van der Waals surface area contributed by atoms with Crippen LogP contribution in [0.5, 0.6) is 0 Å². The fourth-order valence-electron chi connectivity index (χ4n) is 2.25. The van der Waals surface area contributed by atoms with E-state index in [0.717, 1.165) is 0 Å². The molecule has 2 aromatic carbocycles.